The van der Waals surface area contributed by atoms with Crippen LogP contribution < -0.4 is 5.32 Å². The molecule has 0 aliphatic carbocycles. The van der Waals surface area contributed by atoms with Crippen molar-refractivity contribution in [3.8, 4) is 0 Å². The molecular weight excluding hydrogens is 236 g/mol. The number of carbonyl (C=O) groups excluding carboxylic acids is 1. The van der Waals surface area contributed by atoms with Gasteiger partial charge >= 0.3 is 12.0 Å². The summed E-state index contributed by atoms with van der Waals surface area (Å²) in [6, 6.07) is -0.221. The highest BCUT2D eigenvalue weighted by molar-refractivity contribution is 5.74. The van der Waals surface area contributed by atoms with E-state index in [4.69, 9.17) is 5.11 Å². The Morgan fingerprint density at radius 1 is 1.28 bits per heavy atom. The standard InChI is InChI=1S/C12H22N2O4/c15-9-10-5-2-4-8-14(10)12(18)13-7-3-1-6-11(16)17/h10,15H,1-9H2,(H,13,18)(H,16,17). The van der Waals surface area contributed by atoms with Crippen molar-refractivity contribution in [2.45, 2.75) is 44.6 Å². The number of carboxylic acid groups (broad SMARTS) is 1. The van der Waals surface area contributed by atoms with Gasteiger partial charge in [-0.1, -0.05) is 0 Å². The van der Waals surface area contributed by atoms with Gasteiger partial charge in [-0.2, -0.15) is 0 Å². The number of aliphatic hydroxyl groups excluding tert-OH is 1. The lowest BCUT2D eigenvalue weighted by molar-refractivity contribution is -0.137. The van der Waals surface area contributed by atoms with Crippen LogP contribution in [-0.2, 0) is 4.79 Å². The SMILES string of the molecule is O=C(O)CCCCNC(=O)N1CCCCC1CO. The fraction of sp³-hybridized carbons (Fsp3) is 0.833. The summed E-state index contributed by atoms with van der Waals surface area (Å²) < 4.78 is 0. The number of piperidine rings is 1. The normalized spacial score (nSPS) is 19.6. The Bertz CT molecular complexity index is 283. The number of likely N-dealkylation sites (tertiary alicyclic amines) is 1. The maximum absolute atomic E-state index is 11.9. The third kappa shape index (κ3) is 4.91. The number of aliphatic carboxylic acids is 1. The molecule has 0 aromatic rings. The quantitative estimate of drug-likeness (QED) is 0.615. The summed E-state index contributed by atoms with van der Waals surface area (Å²) in [5.74, 6) is -0.808. The van der Waals surface area contributed by atoms with Crippen LogP contribution in [0.5, 0.6) is 0 Å². The van der Waals surface area contributed by atoms with Crippen LogP contribution in [0, 0.1) is 0 Å². The van der Waals surface area contributed by atoms with E-state index in [1.165, 1.54) is 0 Å². The highest BCUT2D eigenvalue weighted by Crippen LogP contribution is 2.16. The predicted octanol–water partition coefficient (Wildman–Crippen LogP) is 0.798. The van der Waals surface area contributed by atoms with Gasteiger partial charge in [-0.3, -0.25) is 4.79 Å². The average Bonchev–Trinajstić information content (AvgIpc) is 2.37. The van der Waals surface area contributed by atoms with Gasteiger partial charge in [0.05, 0.1) is 12.6 Å². The molecule has 1 aliphatic heterocycles. The van der Waals surface area contributed by atoms with Crippen LogP contribution in [0.2, 0.25) is 0 Å². The summed E-state index contributed by atoms with van der Waals surface area (Å²) in [4.78, 5) is 23.8. The van der Waals surface area contributed by atoms with Gasteiger partial charge in [-0.05, 0) is 32.1 Å². The lowest BCUT2D eigenvalue weighted by Gasteiger charge is -2.34. The molecule has 1 aliphatic rings. The Morgan fingerprint density at radius 3 is 2.72 bits per heavy atom. The first-order valence-electron chi connectivity index (χ1n) is 6.52. The second-order valence-corrected chi connectivity index (χ2v) is 4.61. The molecule has 1 rings (SSSR count). The van der Waals surface area contributed by atoms with Crippen molar-refractivity contribution >= 4 is 12.0 Å². The van der Waals surface area contributed by atoms with Crippen LogP contribution in [0.15, 0.2) is 0 Å². The fourth-order valence-electron chi connectivity index (χ4n) is 2.16. The molecule has 0 aromatic carbocycles. The van der Waals surface area contributed by atoms with Crippen molar-refractivity contribution in [1.82, 2.24) is 10.2 Å². The van der Waals surface area contributed by atoms with Crippen molar-refractivity contribution in [3.63, 3.8) is 0 Å². The molecule has 6 heteroatoms. The van der Waals surface area contributed by atoms with Gasteiger partial charge in [-0.15, -0.1) is 0 Å². The minimum Gasteiger partial charge on any atom is -0.481 e. The summed E-state index contributed by atoms with van der Waals surface area (Å²) in [5.41, 5.74) is 0. The zero-order valence-corrected chi connectivity index (χ0v) is 10.6. The number of hydrogen-bond donors (Lipinski definition) is 3. The number of carboxylic acids is 1. The zero-order chi connectivity index (χ0) is 13.4. The number of rotatable bonds is 6. The zero-order valence-electron chi connectivity index (χ0n) is 10.6. The molecule has 0 saturated carbocycles. The number of nitrogens with one attached hydrogen (secondary N) is 1. The summed E-state index contributed by atoms with van der Waals surface area (Å²) in [7, 11) is 0. The van der Waals surface area contributed by atoms with Crippen LogP contribution in [0.3, 0.4) is 0 Å². The van der Waals surface area contributed by atoms with Gasteiger partial charge in [0, 0.05) is 19.5 Å². The van der Waals surface area contributed by atoms with E-state index in [0.29, 0.717) is 25.9 Å². The number of nitrogens with zero attached hydrogens (tertiary/aromatic N) is 1. The number of urea groups is 1. The van der Waals surface area contributed by atoms with E-state index in [1.807, 2.05) is 0 Å². The first-order valence-corrected chi connectivity index (χ1v) is 6.52. The molecule has 104 valence electrons. The van der Waals surface area contributed by atoms with E-state index in [0.717, 1.165) is 19.3 Å². The maximum atomic E-state index is 11.9. The molecule has 1 atom stereocenters. The van der Waals surface area contributed by atoms with E-state index in [2.05, 4.69) is 5.32 Å². The summed E-state index contributed by atoms with van der Waals surface area (Å²) >= 11 is 0. The van der Waals surface area contributed by atoms with E-state index in [9.17, 15) is 14.7 Å². The minimum absolute atomic E-state index is 0.00638. The summed E-state index contributed by atoms with van der Waals surface area (Å²) in [5, 5.41) is 20.4. The van der Waals surface area contributed by atoms with Gasteiger partial charge in [0.2, 0.25) is 0 Å². The van der Waals surface area contributed by atoms with Crippen LogP contribution in [0.4, 0.5) is 4.79 Å². The van der Waals surface area contributed by atoms with E-state index >= 15 is 0 Å². The number of aliphatic hydroxyl groups is 1. The van der Waals surface area contributed by atoms with Crippen LogP contribution in [0.25, 0.3) is 0 Å². The molecule has 3 N–H and O–H groups in total. The van der Waals surface area contributed by atoms with Crippen LogP contribution in [-0.4, -0.2) is 52.9 Å². The Morgan fingerprint density at radius 2 is 2.06 bits per heavy atom. The van der Waals surface area contributed by atoms with Crippen molar-refractivity contribution in [2.75, 3.05) is 19.7 Å². The monoisotopic (exact) mass is 258 g/mol. The Balaban J connectivity index is 2.20. The lowest BCUT2D eigenvalue weighted by Crippen LogP contribution is -2.50. The molecular formula is C12H22N2O4. The average molecular weight is 258 g/mol. The van der Waals surface area contributed by atoms with Crippen molar-refractivity contribution in [2.24, 2.45) is 0 Å². The topological polar surface area (TPSA) is 89.9 Å². The highest BCUT2D eigenvalue weighted by atomic mass is 16.4. The van der Waals surface area contributed by atoms with Gasteiger partial charge < -0.3 is 20.4 Å². The molecule has 0 aromatic heterocycles. The minimum atomic E-state index is -0.808. The van der Waals surface area contributed by atoms with Crippen molar-refractivity contribution in [3.05, 3.63) is 0 Å². The summed E-state index contributed by atoms with van der Waals surface area (Å²) in [6.45, 7) is 1.18. The highest BCUT2D eigenvalue weighted by Gasteiger charge is 2.25. The summed E-state index contributed by atoms with van der Waals surface area (Å²) in [6.07, 6.45) is 4.24. The Kier molecular flexibility index (Phi) is 6.49. The second kappa shape index (κ2) is 7.92. The lowest BCUT2D eigenvalue weighted by atomic mass is 10.0. The van der Waals surface area contributed by atoms with E-state index < -0.39 is 5.97 Å². The second-order valence-electron chi connectivity index (χ2n) is 4.61. The van der Waals surface area contributed by atoms with Gasteiger partial charge in [0.1, 0.15) is 0 Å². The molecule has 0 bridgehead atoms. The first-order chi connectivity index (χ1) is 8.65. The number of hydrogen-bond acceptors (Lipinski definition) is 3. The Labute approximate surface area is 107 Å². The van der Waals surface area contributed by atoms with E-state index in [-0.39, 0.29) is 25.1 Å². The van der Waals surface area contributed by atoms with Crippen molar-refractivity contribution < 1.29 is 19.8 Å². The van der Waals surface area contributed by atoms with Crippen LogP contribution in [0.1, 0.15) is 38.5 Å². The molecule has 6 nitrogen and oxygen atoms in total. The number of carbonyl (C=O) groups is 2. The third-order valence-corrected chi connectivity index (χ3v) is 3.19. The van der Waals surface area contributed by atoms with Crippen LogP contribution >= 0.6 is 0 Å². The largest absolute Gasteiger partial charge is 0.481 e. The van der Waals surface area contributed by atoms with Gasteiger partial charge in [-0.25, -0.2) is 4.79 Å². The van der Waals surface area contributed by atoms with Gasteiger partial charge in [0.25, 0.3) is 0 Å². The molecule has 1 unspecified atom stereocenters. The van der Waals surface area contributed by atoms with Gasteiger partial charge in [0.15, 0.2) is 0 Å². The first kappa shape index (κ1) is 14.8. The van der Waals surface area contributed by atoms with E-state index in [1.54, 1.807) is 4.90 Å². The third-order valence-electron chi connectivity index (χ3n) is 3.19. The maximum Gasteiger partial charge on any atom is 0.317 e. The Hall–Kier alpha value is -1.30. The predicted molar refractivity (Wildman–Crippen MR) is 66.3 cm³/mol. The fourth-order valence-corrected chi connectivity index (χ4v) is 2.16. The molecule has 1 fully saturated rings. The smallest absolute Gasteiger partial charge is 0.317 e. The molecule has 18 heavy (non-hydrogen) atoms. The molecule has 1 heterocycles. The molecule has 2 amide bonds. The molecule has 1 saturated heterocycles. The van der Waals surface area contributed by atoms with Crippen molar-refractivity contribution in [1.29, 1.82) is 0 Å². The molecule has 0 radical (unpaired) electrons. The number of amides is 2. The molecule has 0 spiro atoms. The number of unbranched alkanes of at least 4 members (excludes halogenated alkanes) is 1.